The molecule has 31 heteroatoms. The maximum absolute atomic E-state index is 13.0. The monoisotopic (exact) mass is 2070 g/mol. The van der Waals surface area contributed by atoms with Crippen molar-refractivity contribution >= 4 is 136 Å². The fourth-order valence-electron chi connectivity index (χ4n) is 14.3. The number of amides is 6. The summed E-state index contributed by atoms with van der Waals surface area (Å²) in [6, 6.07) is 66.6. The SMILES string of the molecule is CCOc1ccc(NC(=O)SC)c(COc2ccc(C)cc2C)c1.CCc1ccc(NC(=O)SC)c(COc2ccc(C)cc2C)c1.COc1ccc(NC(=O)SC)c(COc2ccc(C)cc2C)c1.CSC(=O)Nc1ccc(C(F)(F)F)cc1COc1ccc(C)cc1C.CSC(=O)Nc1ccc(C(F)F)cc1COc1ccc(C)cc1C.CSC(=O)Nc1ccc(C2CC2)cc1COc1ccc(C)cc1C. The van der Waals surface area contributed by atoms with E-state index in [0.717, 1.165) is 190 Å². The largest absolute Gasteiger partial charge is 0.497 e. The van der Waals surface area contributed by atoms with E-state index in [1.54, 1.807) is 50.7 Å². The van der Waals surface area contributed by atoms with Gasteiger partial charge in [0, 0.05) is 73.1 Å². The lowest BCUT2D eigenvalue weighted by Gasteiger charge is -2.16. The van der Waals surface area contributed by atoms with E-state index >= 15 is 0 Å². The second-order valence-corrected chi connectivity index (χ2v) is 38.1. The number of methoxy groups -OCH3 is 1. The molecule has 0 saturated heterocycles. The highest BCUT2D eigenvalue weighted by Gasteiger charge is 2.32. The third-order valence-corrected chi connectivity index (χ3v) is 24.9. The Kier molecular flexibility index (Phi) is 47.3. The van der Waals surface area contributed by atoms with Crippen molar-refractivity contribution in [2.24, 2.45) is 0 Å². The van der Waals surface area contributed by atoms with Crippen LogP contribution in [0.1, 0.15) is 161 Å². The number of rotatable bonds is 30. The maximum atomic E-state index is 13.0. The molecule has 12 aromatic carbocycles. The van der Waals surface area contributed by atoms with E-state index in [0.29, 0.717) is 67.4 Å². The van der Waals surface area contributed by atoms with Crippen molar-refractivity contribution in [3.8, 4) is 46.0 Å². The van der Waals surface area contributed by atoms with Gasteiger partial charge in [-0.1, -0.05) is 214 Å². The lowest BCUT2D eigenvalue weighted by atomic mass is 10.1. The van der Waals surface area contributed by atoms with Crippen LogP contribution in [0.4, 0.5) is 84.8 Å². The predicted octanol–water partition coefficient (Wildman–Crippen LogP) is 32.5. The number of hydrogen-bond acceptors (Lipinski definition) is 20. The van der Waals surface area contributed by atoms with Crippen LogP contribution >= 0.6 is 70.6 Å². The number of nitrogens with one attached hydrogen (secondary N) is 6. The Morgan fingerprint density at radius 1 is 0.315 bits per heavy atom. The van der Waals surface area contributed by atoms with Gasteiger partial charge in [0.15, 0.2) is 0 Å². The van der Waals surface area contributed by atoms with Crippen molar-refractivity contribution in [3.05, 3.63) is 341 Å². The van der Waals surface area contributed by atoms with Gasteiger partial charge in [0.1, 0.15) is 85.6 Å². The zero-order valence-corrected chi connectivity index (χ0v) is 89.5. The van der Waals surface area contributed by atoms with Crippen LogP contribution in [0.3, 0.4) is 0 Å². The van der Waals surface area contributed by atoms with Gasteiger partial charge < -0.3 is 69.8 Å². The van der Waals surface area contributed by atoms with Gasteiger partial charge in [-0.2, -0.15) is 13.2 Å². The van der Waals surface area contributed by atoms with Crippen molar-refractivity contribution in [2.75, 3.05) is 83.2 Å². The molecule has 0 unspecified atom stereocenters. The summed E-state index contributed by atoms with van der Waals surface area (Å²) in [4.78, 5) is 69.9. The normalized spacial score (nSPS) is 11.1. The van der Waals surface area contributed by atoms with E-state index < -0.39 is 18.2 Å². The molecule has 13 rings (SSSR count). The third-order valence-electron chi connectivity index (χ3n) is 22.1. The minimum absolute atomic E-state index is 0.0538. The van der Waals surface area contributed by atoms with Crippen LogP contribution in [-0.2, 0) is 52.2 Å². The molecule has 1 aliphatic carbocycles. The van der Waals surface area contributed by atoms with E-state index in [-0.39, 0.29) is 55.8 Å². The molecule has 0 aromatic heterocycles. The molecule has 760 valence electrons. The van der Waals surface area contributed by atoms with Gasteiger partial charge in [-0.15, -0.1) is 0 Å². The number of carbonyl (C=O) groups excluding carboxylic acids is 6. The lowest BCUT2D eigenvalue weighted by Crippen LogP contribution is -2.11. The first kappa shape index (κ1) is 116. The molecule has 0 radical (unpaired) electrons. The molecule has 1 aliphatic rings. The van der Waals surface area contributed by atoms with Crippen LogP contribution in [0.25, 0.3) is 0 Å². The summed E-state index contributed by atoms with van der Waals surface area (Å²) in [6.45, 7) is 30.4. The Morgan fingerprint density at radius 2 is 0.580 bits per heavy atom. The number of ether oxygens (including phenoxy) is 8. The molecule has 0 bridgehead atoms. The maximum Gasteiger partial charge on any atom is 0.416 e. The molecular formula is C112H127F5N6O14S6. The van der Waals surface area contributed by atoms with Crippen molar-refractivity contribution in [2.45, 2.75) is 174 Å². The summed E-state index contributed by atoms with van der Waals surface area (Å²) in [5.41, 5.74) is 23.4. The number of carbonyl (C=O) groups is 6. The molecule has 6 N–H and O–H groups in total. The third kappa shape index (κ3) is 38.7. The Labute approximate surface area is 862 Å². The standard InChI is InChI=1S/C20H23NO2S.C19H23NO3S.C19H23NO2S.C18H18F3NO2S.C18H19F2NO2S.C18H21NO3S/c1-13-4-9-19(14(2)10-13)23-12-17-11-16(15-5-6-15)7-8-18(17)21-20(22)24-3;1-5-22-16-7-8-17(20-19(21)24-4)15(11-16)12-23-18-9-6-13(2)10-14(18)3;1-5-15-7-8-17(20-19(21)23-4)16(11-15)12-22-18-9-6-13(2)10-14(18)3;1-11-4-7-16(12(2)8-11)24-10-13-9-14(18(19,20)21)5-6-15(13)22-17(23)25-3;1-11-4-7-16(12(2)8-11)23-10-14-9-13(17(19)20)5-6-15(14)21-18(22)24-3;1-12-5-8-17(13(2)9-12)22-11-14-10-15(21-3)6-7-16(14)19-18(20)23-4/h4,7-11,15H,5-6,12H2,1-3H3,(H,21,22);6-11H,5,12H2,1-4H3,(H,20,21);6-11H,5,12H2,1-4H3,(H,20,21);4-9H,10H2,1-3H3,(H,22,23);4-9,17H,10H2,1-3H3,(H,21,22);5-10H,11H2,1-4H3,(H,19,20). The van der Waals surface area contributed by atoms with Crippen LogP contribution in [0.5, 0.6) is 46.0 Å². The summed E-state index contributed by atoms with van der Waals surface area (Å²) in [7, 11) is 1.62. The van der Waals surface area contributed by atoms with Gasteiger partial charge in [-0.3, -0.25) is 28.8 Å². The Balaban J connectivity index is 0.000000210. The van der Waals surface area contributed by atoms with Gasteiger partial charge in [0.25, 0.3) is 37.9 Å². The highest BCUT2D eigenvalue weighted by Crippen LogP contribution is 2.42. The highest BCUT2D eigenvalue weighted by molar-refractivity contribution is 8.14. The minimum Gasteiger partial charge on any atom is -0.497 e. The van der Waals surface area contributed by atoms with Crippen LogP contribution in [-0.4, -0.2) is 82.7 Å². The zero-order chi connectivity index (χ0) is 105. The van der Waals surface area contributed by atoms with Crippen molar-refractivity contribution < 1.29 is 88.6 Å². The van der Waals surface area contributed by atoms with Crippen LogP contribution in [0.2, 0.25) is 0 Å². The van der Waals surface area contributed by atoms with Crippen molar-refractivity contribution in [3.63, 3.8) is 0 Å². The molecular weight excluding hydrogens is 1940 g/mol. The van der Waals surface area contributed by atoms with Crippen LogP contribution < -0.4 is 69.8 Å². The Morgan fingerprint density at radius 3 is 0.860 bits per heavy atom. The Hall–Kier alpha value is -12.4. The predicted molar refractivity (Wildman–Crippen MR) is 584 cm³/mol. The number of thioether (sulfide) groups is 6. The molecule has 20 nitrogen and oxygen atoms in total. The summed E-state index contributed by atoms with van der Waals surface area (Å²) < 4.78 is 111. The Bertz CT molecular complexity index is 6080. The van der Waals surface area contributed by atoms with Crippen molar-refractivity contribution in [1.82, 2.24) is 0 Å². The molecule has 12 aromatic rings. The smallest absolute Gasteiger partial charge is 0.416 e. The average molecular weight is 2070 g/mol. The first-order chi connectivity index (χ1) is 68.3. The minimum atomic E-state index is -4.46. The quantitative estimate of drug-likeness (QED) is 0.0229. The van der Waals surface area contributed by atoms with E-state index in [1.807, 2.05) is 183 Å². The molecule has 0 aliphatic heterocycles. The number of aryl methyl sites for hydroxylation is 13. The fraction of sp³-hybridized carbons (Fsp3) is 0.304. The zero-order valence-electron chi connectivity index (χ0n) is 84.6. The molecule has 0 spiro atoms. The lowest BCUT2D eigenvalue weighted by molar-refractivity contribution is -0.137. The van der Waals surface area contributed by atoms with Gasteiger partial charge in [0.05, 0.1) is 19.3 Å². The molecule has 0 atom stereocenters. The van der Waals surface area contributed by atoms with Crippen LogP contribution in [0.15, 0.2) is 218 Å². The van der Waals surface area contributed by atoms with Gasteiger partial charge >= 0.3 is 6.18 Å². The molecule has 6 amide bonds. The summed E-state index contributed by atoms with van der Waals surface area (Å²) in [6.07, 6.45) is 6.70. The second-order valence-electron chi connectivity index (χ2n) is 33.4. The first-order valence-corrected chi connectivity index (χ1v) is 53.2. The summed E-state index contributed by atoms with van der Waals surface area (Å²) in [5, 5.41) is 15.9. The van der Waals surface area contributed by atoms with Crippen LogP contribution in [0, 0.1) is 83.1 Å². The summed E-state index contributed by atoms with van der Waals surface area (Å²) >= 11 is 6.58. The van der Waals surface area contributed by atoms with Gasteiger partial charge in [0.2, 0.25) is 0 Å². The van der Waals surface area contributed by atoms with Crippen molar-refractivity contribution in [1.29, 1.82) is 0 Å². The average Bonchev–Trinajstić information content (AvgIpc) is 1.81. The topological polar surface area (TPSA) is 248 Å². The first-order valence-electron chi connectivity index (χ1n) is 45.9. The number of halogens is 5. The fourth-order valence-corrected chi connectivity index (χ4v) is 15.6. The number of benzene rings is 12. The number of hydrogen-bond donors (Lipinski definition) is 6. The molecule has 1 saturated carbocycles. The van der Waals surface area contributed by atoms with Gasteiger partial charge in [-0.25, -0.2) is 8.78 Å². The van der Waals surface area contributed by atoms with E-state index in [4.69, 9.17) is 37.9 Å². The number of alkyl halides is 5. The van der Waals surface area contributed by atoms with E-state index in [2.05, 4.69) is 122 Å². The molecule has 1 fully saturated rings. The highest BCUT2D eigenvalue weighted by atomic mass is 32.2. The van der Waals surface area contributed by atoms with E-state index in [9.17, 15) is 50.7 Å². The molecule has 0 heterocycles. The van der Waals surface area contributed by atoms with E-state index in [1.165, 1.54) is 94.0 Å². The summed E-state index contributed by atoms with van der Waals surface area (Å²) in [5.74, 6) is 6.88. The number of anilines is 6. The second kappa shape index (κ2) is 58.4. The van der Waals surface area contributed by atoms with Gasteiger partial charge in [-0.05, 0) is 312 Å². The molecule has 143 heavy (non-hydrogen) atoms.